The van der Waals surface area contributed by atoms with Crippen LogP contribution in [0.2, 0.25) is 0 Å². The minimum Gasteiger partial charge on any atom is -0.309 e. The second-order valence-corrected chi connectivity index (χ2v) is 6.41. The number of fused-ring (bicyclic) bond motifs is 1. The Hall–Kier alpha value is -1.76. The molecule has 2 aromatic heterocycles. The van der Waals surface area contributed by atoms with Crippen molar-refractivity contribution in [1.29, 1.82) is 0 Å². The highest BCUT2D eigenvalue weighted by molar-refractivity contribution is 7.99. The molecule has 1 atom stereocenters. The first kappa shape index (κ1) is 15.6. The van der Waals surface area contributed by atoms with E-state index in [4.69, 9.17) is 0 Å². The third-order valence-corrected chi connectivity index (χ3v) is 4.76. The minimum absolute atomic E-state index is 0.321. The van der Waals surface area contributed by atoms with E-state index in [0.29, 0.717) is 23.0 Å². The van der Waals surface area contributed by atoms with Crippen molar-refractivity contribution < 1.29 is 0 Å². The van der Waals surface area contributed by atoms with Crippen molar-refractivity contribution in [3.63, 3.8) is 0 Å². The summed E-state index contributed by atoms with van der Waals surface area (Å²) in [5.74, 6) is 0. The predicted molar refractivity (Wildman–Crippen MR) is 86.0 cm³/mol. The fourth-order valence-corrected chi connectivity index (χ4v) is 3.04. The molecule has 0 aliphatic carbocycles. The van der Waals surface area contributed by atoms with Crippen molar-refractivity contribution in [1.82, 2.24) is 18.7 Å². The normalized spacial score (nSPS) is 12.8. The van der Waals surface area contributed by atoms with Gasteiger partial charge < -0.3 is 4.57 Å². The van der Waals surface area contributed by atoms with Gasteiger partial charge in [0, 0.05) is 25.9 Å². The summed E-state index contributed by atoms with van der Waals surface area (Å²) in [6.45, 7) is 8.44. The maximum absolute atomic E-state index is 12.4. The third kappa shape index (κ3) is 2.57. The first-order valence-corrected chi connectivity index (χ1v) is 7.74. The zero-order valence-corrected chi connectivity index (χ0v) is 13.6. The second-order valence-electron chi connectivity index (χ2n) is 5.01. The number of aryl methyl sites for hydroxylation is 1. The second kappa shape index (κ2) is 5.93. The van der Waals surface area contributed by atoms with Crippen LogP contribution in [0.1, 0.15) is 20.3 Å². The van der Waals surface area contributed by atoms with Gasteiger partial charge in [0.1, 0.15) is 0 Å². The SMILES string of the molecule is C=CCn1c(SC(C)CC)nc2c1c(=O)n(C)c(=O)n2C. The Morgan fingerprint density at radius 3 is 2.57 bits per heavy atom. The molecule has 0 aliphatic rings. The summed E-state index contributed by atoms with van der Waals surface area (Å²) in [7, 11) is 3.11. The minimum atomic E-state index is -0.365. The van der Waals surface area contributed by atoms with Crippen LogP contribution in [-0.2, 0) is 20.6 Å². The molecule has 7 heteroatoms. The molecule has 0 aromatic carbocycles. The fourth-order valence-electron chi connectivity index (χ4n) is 2.08. The first-order chi connectivity index (χ1) is 9.92. The number of nitrogens with zero attached hydrogens (tertiary/aromatic N) is 4. The van der Waals surface area contributed by atoms with Gasteiger partial charge in [-0.15, -0.1) is 6.58 Å². The maximum Gasteiger partial charge on any atom is 0.332 e. The molecular weight excluding hydrogens is 288 g/mol. The van der Waals surface area contributed by atoms with E-state index < -0.39 is 0 Å². The van der Waals surface area contributed by atoms with E-state index in [0.717, 1.165) is 16.1 Å². The van der Waals surface area contributed by atoms with Crippen molar-refractivity contribution in [3.8, 4) is 0 Å². The Balaban J connectivity index is 2.83. The summed E-state index contributed by atoms with van der Waals surface area (Å²) in [6.07, 6.45) is 2.73. The lowest BCUT2D eigenvalue weighted by Crippen LogP contribution is -2.37. The van der Waals surface area contributed by atoms with Gasteiger partial charge in [-0.3, -0.25) is 13.9 Å². The van der Waals surface area contributed by atoms with E-state index >= 15 is 0 Å². The van der Waals surface area contributed by atoms with Crippen molar-refractivity contribution in [2.75, 3.05) is 0 Å². The number of hydrogen-bond donors (Lipinski definition) is 0. The molecule has 0 aliphatic heterocycles. The molecule has 0 bridgehead atoms. The molecule has 0 saturated heterocycles. The monoisotopic (exact) mass is 308 g/mol. The molecule has 1 unspecified atom stereocenters. The van der Waals surface area contributed by atoms with Crippen LogP contribution >= 0.6 is 11.8 Å². The van der Waals surface area contributed by atoms with Crippen LogP contribution in [0.3, 0.4) is 0 Å². The van der Waals surface area contributed by atoms with Gasteiger partial charge in [-0.05, 0) is 6.42 Å². The molecule has 2 aromatic rings. The zero-order chi connectivity index (χ0) is 15.7. The van der Waals surface area contributed by atoms with E-state index in [1.165, 1.54) is 11.6 Å². The molecule has 21 heavy (non-hydrogen) atoms. The van der Waals surface area contributed by atoms with E-state index in [1.54, 1.807) is 24.9 Å². The van der Waals surface area contributed by atoms with Gasteiger partial charge in [-0.2, -0.15) is 0 Å². The molecule has 6 nitrogen and oxygen atoms in total. The van der Waals surface area contributed by atoms with Crippen LogP contribution in [0, 0.1) is 0 Å². The van der Waals surface area contributed by atoms with Gasteiger partial charge in [-0.25, -0.2) is 9.78 Å². The quantitative estimate of drug-likeness (QED) is 0.620. The molecule has 114 valence electrons. The summed E-state index contributed by atoms with van der Waals surface area (Å²) < 4.78 is 4.36. The van der Waals surface area contributed by atoms with Crippen LogP contribution in [0.4, 0.5) is 0 Å². The smallest absolute Gasteiger partial charge is 0.309 e. The highest BCUT2D eigenvalue weighted by Crippen LogP contribution is 2.26. The number of thioether (sulfide) groups is 1. The van der Waals surface area contributed by atoms with E-state index in [2.05, 4.69) is 25.4 Å². The van der Waals surface area contributed by atoms with Crippen molar-refractivity contribution in [2.45, 2.75) is 37.2 Å². The van der Waals surface area contributed by atoms with Gasteiger partial charge in [0.25, 0.3) is 5.56 Å². The highest BCUT2D eigenvalue weighted by Gasteiger charge is 2.19. The summed E-state index contributed by atoms with van der Waals surface area (Å²) >= 11 is 1.61. The van der Waals surface area contributed by atoms with Crippen LogP contribution in [0.15, 0.2) is 27.4 Å². The number of hydrogen-bond acceptors (Lipinski definition) is 4. The molecule has 0 spiro atoms. The van der Waals surface area contributed by atoms with Crippen molar-refractivity contribution in [2.24, 2.45) is 14.1 Å². The molecule has 0 radical (unpaired) electrons. The van der Waals surface area contributed by atoms with E-state index in [1.807, 2.05) is 4.57 Å². The number of aromatic nitrogens is 4. The summed E-state index contributed by atoms with van der Waals surface area (Å²) in [4.78, 5) is 28.9. The lowest BCUT2D eigenvalue weighted by molar-refractivity contribution is 0.700. The average Bonchev–Trinajstić information content (AvgIpc) is 2.82. The molecule has 0 amide bonds. The standard InChI is InChI=1S/C14H20N4O2S/c1-6-8-18-10-11(15-13(18)21-9(3)7-2)16(4)14(20)17(5)12(10)19/h6,9H,1,7-8H2,2-5H3. The van der Waals surface area contributed by atoms with Crippen LogP contribution in [0.25, 0.3) is 11.2 Å². The Bertz CT molecular complexity index is 800. The summed E-state index contributed by atoms with van der Waals surface area (Å²) in [6, 6.07) is 0. The Morgan fingerprint density at radius 1 is 1.33 bits per heavy atom. The van der Waals surface area contributed by atoms with Crippen LogP contribution < -0.4 is 11.2 Å². The first-order valence-electron chi connectivity index (χ1n) is 6.86. The topological polar surface area (TPSA) is 61.8 Å². The third-order valence-electron chi connectivity index (χ3n) is 3.51. The predicted octanol–water partition coefficient (Wildman–Crippen LogP) is 1.51. The zero-order valence-electron chi connectivity index (χ0n) is 12.8. The summed E-state index contributed by atoms with van der Waals surface area (Å²) in [5, 5.41) is 1.13. The largest absolute Gasteiger partial charge is 0.332 e. The molecular formula is C14H20N4O2S. The van der Waals surface area contributed by atoms with E-state index in [-0.39, 0.29) is 11.2 Å². The van der Waals surface area contributed by atoms with Gasteiger partial charge in [0.15, 0.2) is 16.3 Å². The van der Waals surface area contributed by atoms with Gasteiger partial charge in [0.05, 0.1) is 0 Å². The van der Waals surface area contributed by atoms with Crippen LogP contribution in [-0.4, -0.2) is 23.9 Å². The van der Waals surface area contributed by atoms with Gasteiger partial charge >= 0.3 is 5.69 Å². The lowest BCUT2D eigenvalue weighted by Gasteiger charge is -2.09. The molecule has 2 rings (SSSR count). The average molecular weight is 308 g/mol. The summed E-state index contributed by atoms with van der Waals surface area (Å²) in [5.41, 5.74) is 0.190. The molecule has 0 N–H and O–H groups in total. The molecule has 2 heterocycles. The molecule has 0 fully saturated rings. The molecule has 0 saturated carbocycles. The number of allylic oxidation sites excluding steroid dienone is 1. The fraction of sp³-hybridized carbons (Fsp3) is 0.500. The number of imidazole rings is 1. The number of rotatable bonds is 5. The Labute approximate surface area is 127 Å². The van der Waals surface area contributed by atoms with Gasteiger partial charge in [-0.1, -0.05) is 31.7 Å². The Kier molecular flexibility index (Phi) is 4.41. The highest BCUT2D eigenvalue weighted by atomic mass is 32.2. The van der Waals surface area contributed by atoms with Gasteiger partial charge in [0.2, 0.25) is 0 Å². The lowest BCUT2D eigenvalue weighted by atomic mass is 10.4. The van der Waals surface area contributed by atoms with Crippen molar-refractivity contribution in [3.05, 3.63) is 33.5 Å². The van der Waals surface area contributed by atoms with E-state index in [9.17, 15) is 9.59 Å². The van der Waals surface area contributed by atoms with Crippen LogP contribution in [0.5, 0.6) is 0 Å². The van der Waals surface area contributed by atoms with Crippen molar-refractivity contribution >= 4 is 22.9 Å². The Morgan fingerprint density at radius 2 is 2.00 bits per heavy atom. The maximum atomic E-state index is 12.4.